The summed E-state index contributed by atoms with van der Waals surface area (Å²) in [4.78, 5) is 44.6. The summed E-state index contributed by atoms with van der Waals surface area (Å²) in [7, 11) is 2.64. The van der Waals surface area contributed by atoms with Crippen molar-refractivity contribution in [2.45, 2.75) is 39.2 Å². The lowest BCUT2D eigenvalue weighted by Gasteiger charge is -2.20. The van der Waals surface area contributed by atoms with Crippen molar-refractivity contribution >= 4 is 24.3 Å². The molecule has 1 aromatic carbocycles. The molecule has 2 amide bonds. The SMILES string of the molecule is COC(=O)CCCNC(=O)[C@H](CC(C)C)NC(=O)c1ccccc1.COC=O.[HH].[HH]. The Hall–Kier alpha value is -2.90. The number of amides is 2. The van der Waals surface area contributed by atoms with Crippen LogP contribution in [0.25, 0.3) is 0 Å². The van der Waals surface area contributed by atoms with Gasteiger partial charge in [0, 0.05) is 21.4 Å². The lowest BCUT2D eigenvalue weighted by Crippen LogP contribution is -2.47. The normalized spacial score (nSPS) is 10.8. The number of hydrogen-bond acceptors (Lipinski definition) is 6. The van der Waals surface area contributed by atoms with Crippen LogP contribution >= 0.6 is 0 Å². The molecule has 0 unspecified atom stereocenters. The van der Waals surface area contributed by atoms with Crippen LogP contribution in [0.5, 0.6) is 0 Å². The highest BCUT2D eigenvalue weighted by molar-refractivity contribution is 5.97. The molecule has 0 bridgehead atoms. The van der Waals surface area contributed by atoms with E-state index in [0.29, 0.717) is 31.4 Å². The Morgan fingerprint density at radius 2 is 1.75 bits per heavy atom. The molecule has 8 heteroatoms. The van der Waals surface area contributed by atoms with E-state index >= 15 is 0 Å². The molecule has 1 rings (SSSR count). The highest BCUT2D eigenvalue weighted by atomic mass is 16.5. The molecular formula is C20H34N2O6. The highest BCUT2D eigenvalue weighted by Crippen LogP contribution is 2.07. The van der Waals surface area contributed by atoms with Crippen LogP contribution in [0.4, 0.5) is 0 Å². The second kappa shape index (κ2) is 15.2. The van der Waals surface area contributed by atoms with Gasteiger partial charge in [-0.1, -0.05) is 32.0 Å². The summed E-state index contributed by atoms with van der Waals surface area (Å²) >= 11 is 0. The van der Waals surface area contributed by atoms with Crippen LogP contribution in [0.15, 0.2) is 30.3 Å². The van der Waals surface area contributed by atoms with Crippen LogP contribution in [-0.2, 0) is 23.9 Å². The monoisotopic (exact) mass is 398 g/mol. The van der Waals surface area contributed by atoms with Crippen LogP contribution in [0.1, 0.15) is 46.3 Å². The first-order valence-corrected chi connectivity index (χ1v) is 9.02. The maximum atomic E-state index is 12.3. The van der Waals surface area contributed by atoms with E-state index in [2.05, 4.69) is 20.1 Å². The van der Waals surface area contributed by atoms with Crippen molar-refractivity contribution in [2.75, 3.05) is 20.8 Å². The van der Waals surface area contributed by atoms with Gasteiger partial charge in [0.2, 0.25) is 5.91 Å². The van der Waals surface area contributed by atoms with Crippen molar-refractivity contribution in [3.63, 3.8) is 0 Å². The number of rotatable bonds is 10. The molecule has 0 fully saturated rings. The zero-order valence-corrected chi connectivity index (χ0v) is 16.9. The molecule has 0 radical (unpaired) electrons. The number of nitrogens with one attached hydrogen (secondary N) is 2. The second-order valence-corrected chi connectivity index (χ2v) is 6.32. The molecule has 160 valence electrons. The minimum absolute atomic E-state index is 0. The lowest BCUT2D eigenvalue weighted by atomic mass is 10.0. The van der Waals surface area contributed by atoms with Crippen LogP contribution in [0.3, 0.4) is 0 Å². The van der Waals surface area contributed by atoms with Gasteiger partial charge < -0.3 is 20.1 Å². The highest BCUT2D eigenvalue weighted by Gasteiger charge is 2.22. The number of benzene rings is 1. The van der Waals surface area contributed by atoms with E-state index in [-0.39, 0.29) is 33.0 Å². The summed E-state index contributed by atoms with van der Waals surface area (Å²) in [6.07, 6.45) is 1.29. The van der Waals surface area contributed by atoms with Gasteiger partial charge in [0.1, 0.15) is 6.04 Å². The summed E-state index contributed by atoms with van der Waals surface area (Å²) in [5, 5.41) is 5.55. The van der Waals surface area contributed by atoms with E-state index < -0.39 is 6.04 Å². The van der Waals surface area contributed by atoms with Crippen LogP contribution < -0.4 is 10.6 Å². The van der Waals surface area contributed by atoms with E-state index in [9.17, 15) is 14.4 Å². The van der Waals surface area contributed by atoms with Crippen molar-refractivity contribution in [3.05, 3.63) is 35.9 Å². The Bertz CT molecular complexity index is 615. The van der Waals surface area contributed by atoms with Crippen LogP contribution in [-0.4, -0.2) is 51.1 Å². The van der Waals surface area contributed by atoms with Gasteiger partial charge in [-0.15, -0.1) is 0 Å². The Kier molecular flexibility index (Phi) is 13.6. The molecule has 0 saturated carbocycles. The Morgan fingerprint density at radius 1 is 1.14 bits per heavy atom. The van der Waals surface area contributed by atoms with Gasteiger partial charge in [-0.05, 0) is 30.9 Å². The van der Waals surface area contributed by atoms with Gasteiger partial charge in [-0.25, -0.2) is 0 Å². The third-order valence-corrected chi connectivity index (χ3v) is 3.55. The molecule has 28 heavy (non-hydrogen) atoms. The minimum atomic E-state index is -0.601. The quantitative estimate of drug-likeness (QED) is 0.355. The van der Waals surface area contributed by atoms with Crippen molar-refractivity contribution in [3.8, 4) is 0 Å². The summed E-state index contributed by atoms with van der Waals surface area (Å²) in [5.41, 5.74) is 0.518. The van der Waals surface area contributed by atoms with E-state index in [1.54, 1.807) is 24.3 Å². The zero-order chi connectivity index (χ0) is 21.4. The largest absolute Gasteiger partial charge is 0.471 e. The maximum Gasteiger partial charge on any atom is 0.305 e. The fourth-order valence-electron chi connectivity index (χ4n) is 2.20. The first-order chi connectivity index (χ1) is 13.3. The second-order valence-electron chi connectivity index (χ2n) is 6.32. The van der Waals surface area contributed by atoms with E-state index in [4.69, 9.17) is 4.79 Å². The Labute approximate surface area is 168 Å². The third-order valence-electron chi connectivity index (χ3n) is 3.55. The van der Waals surface area contributed by atoms with E-state index in [1.165, 1.54) is 14.2 Å². The number of hydrogen-bond donors (Lipinski definition) is 2. The first-order valence-electron chi connectivity index (χ1n) is 9.02. The molecule has 1 aromatic rings. The summed E-state index contributed by atoms with van der Waals surface area (Å²) in [5.74, 6) is -0.559. The average Bonchev–Trinajstić information content (AvgIpc) is 2.70. The number of carbonyl (C=O) groups is 4. The zero-order valence-electron chi connectivity index (χ0n) is 16.9. The molecule has 0 aliphatic carbocycles. The van der Waals surface area contributed by atoms with E-state index in [1.807, 2.05) is 19.9 Å². The Morgan fingerprint density at radius 3 is 2.25 bits per heavy atom. The molecule has 0 aliphatic heterocycles. The molecule has 0 saturated heterocycles. The molecule has 8 nitrogen and oxygen atoms in total. The van der Waals surface area contributed by atoms with Crippen molar-refractivity contribution < 1.29 is 31.5 Å². The van der Waals surface area contributed by atoms with Gasteiger partial charge >= 0.3 is 5.97 Å². The van der Waals surface area contributed by atoms with Crippen molar-refractivity contribution in [2.24, 2.45) is 5.92 Å². The number of esters is 1. The van der Waals surface area contributed by atoms with Crippen molar-refractivity contribution in [1.82, 2.24) is 10.6 Å². The number of ether oxygens (including phenoxy) is 2. The standard InChI is InChI=1S/C18H26N2O4.C2H4O2.2H2/c1-13(2)12-15(18(23)19-11-7-10-16(21)24-3)20-17(22)14-8-5-4-6-9-14;1-4-2-3;;/h4-6,8-9,13,15H,7,10-12H2,1-3H3,(H,19,23)(H,20,22);2H,1H3;2*1H/t15-;;;/m0.../s1. The third kappa shape index (κ3) is 11.7. The van der Waals surface area contributed by atoms with Gasteiger partial charge in [-0.3, -0.25) is 19.2 Å². The first kappa shape index (κ1) is 25.1. The topological polar surface area (TPSA) is 111 Å². The summed E-state index contributed by atoms with van der Waals surface area (Å²) < 4.78 is 8.41. The lowest BCUT2D eigenvalue weighted by molar-refractivity contribution is -0.140. The smallest absolute Gasteiger partial charge is 0.305 e. The average molecular weight is 399 g/mol. The summed E-state index contributed by atoms with van der Waals surface area (Å²) in [6, 6.07) is 8.19. The van der Waals surface area contributed by atoms with Gasteiger partial charge in [-0.2, -0.15) is 0 Å². The molecule has 0 aromatic heterocycles. The fraction of sp³-hybridized carbons (Fsp3) is 0.500. The minimum Gasteiger partial charge on any atom is -0.471 e. The van der Waals surface area contributed by atoms with Crippen LogP contribution in [0, 0.1) is 5.92 Å². The van der Waals surface area contributed by atoms with Gasteiger partial charge in [0.25, 0.3) is 12.4 Å². The fourth-order valence-corrected chi connectivity index (χ4v) is 2.20. The molecule has 0 aliphatic rings. The maximum absolute atomic E-state index is 12.3. The molecule has 0 spiro atoms. The van der Waals surface area contributed by atoms with Gasteiger partial charge in [0.05, 0.1) is 14.2 Å². The summed E-state index contributed by atoms with van der Waals surface area (Å²) in [6.45, 7) is 4.72. The Balaban J connectivity index is -0.00000111. The number of methoxy groups -OCH3 is 2. The molecule has 2 N–H and O–H groups in total. The molecule has 1 atom stereocenters. The van der Waals surface area contributed by atoms with Crippen molar-refractivity contribution in [1.29, 1.82) is 0 Å². The molecular weight excluding hydrogens is 364 g/mol. The predicted octanol–water partition coefficient (Wildman–Crippen LogP) is 2.18. The van der Waals surface area contributed by atoms with Gasteiger partial charge in [0.15, 0.2) is 0 Å². The predicted molar refractivity (Wildman–Crippen MR) is 109 cm³/mol. The number of carbonyl (C=O) groups excluding carboxylic acids is 4. The van der Waals surface area contributed by atoms with Crippen LogP contribution in [0.2, 0.25) is 0 Å². The molecule has 0 heterocycles. The van der Waals surface area contributed by atoms with E-state index in [0.717, 1.165) is 0 Å².